The van der Waals surface area contributed by atoms with E-state index in [-0.39, 0.29) is 6.04 Å². The van der Waals surface area contributed by atoms with Gasteiger partial charge in [-0.25, -0.2) is 0 Å². The molecule has 1 saturated heterocycles. The van der Waals surface area contributed by atoms with Crippen molar-refractivity contribution < 1.29 is 4.74 Å². The molecule has 0 aromatic rings. The Balaban J connectivity index is 2.32. The molecule has 0 saturated carbocycles. The molecule has 0 radical (unpaired) electrons. The first-order valence-corrected chi connectivity index (χ1v) is 4.41. The van der Waals surface area contributed by atoms with Crippen LogP contribution < -0.4 is 11.1 Å². The lowest BCUT2D eigenvalue weighted by Crippen LogP contribution is -2.45. The number of nitrogens with one attached hydrogen (secondary N) is 1. The molecule has 1 heterocycles. The molecule has 0 aromatic carbocycles. The molecule has 1 aliphatic heterocycles. The summed E-state index contributed by atoms with van der Waals surface area (Å²) in [6, 6.07) is 0.639. The predicted molar refractivity (Wildman–Crippen MR) is 45.5 cm³/mol. The third-order valence-corrected chi connectivity index (χ3v) is 2.08. The highest BCUT2D eigenvalue weighted by Gasteiger charge is 2.18. The van der Waals surface area contributed by atoms with Crippen molar-refractivity contribution in [2.24, 2.45) is 5.73 Å². The van der Waals surface area contributed by atoms with Crippen LogP contribution in [-0.2, 0) is 4.74 Å². The molecule has 3 heteroatoms. The summed E-state index contributed by atoms with van der Waals surface area (Å²) in [5, 5.41) is 3.38. The molecule has 3 N–H and O–H groups in total. The fourth-order valence-corrected chi connectivity index (χ4v) is 1.43. The molecule has 66 valence electrons. The van der Waals surface area contributed by atoms with Gasteiger partial charge in [0.1, 0.15) is 0 Å². The summed E-state index contributed by atoms with van der Waals surface area (Å²) >= 11 is 0. The summed E-state index contributed by atoms with van der Waals surface area (Å²) in [6.07, 6.45) is 2.34. The number of ether oxygens (including phenoxy) is 1. The summed E-state index contributed by atoms with van der Waals surface area (Å²) < 4.78 is 5.30. The summed E-state index contributed by atoms with van der Waals surface area (Å²) in [5.41, 5.74) is 5.88. The van der Waals surface area contributed by atoms with E-state index >= 15 is 0 Å². The molecule has 2 atom stereocenters. The van der Waals surface area contributed by atoms with E-state index in [1.54, 1.807) is 0 Å². The summed E-state index contributed by atoms with van der Waals surface area (Å²) in [4.78, 5) is 0. The van der Waals surface area contributed by atoms with Gasteiger partial charge in [0.05, 0.1) is 13.2 Å². The molecule has 0 bridgehead atoms. The second kappa shape index (κ2) is 4.70. The summed E-state index contributed by atoms with van der Waals surface area (Å²) in [6.45, 7) is 4.63. The Morgan fingerprint density at radius 3 is 3.18 bits per heavy atom. The van der Waals surface area contributed by atoms with Crippen molar-refractivity contribution in [3.05, 3.63) is 0 Å². The highest BCUT2D eigenvalue weighted by atomic mass is 16.5. The second-order valence-corrected chi connectivity index (χ2v) is 3.09. The smallest absolute Gasteiger partial charge is 0.0633 e. The van der Waals surface area contributed by atoms with Gasteiger partial charge in [-0.05, 0) is 6.42 Å². The molecular formula is C8H18N2O. The van der Waals surface area contributed by atoms with Crippen LogP contribution in [0.2, 0.25) is 0 Å². The Morgan fingerprint density at radius 1 is 1.64 bits per heavy atom. The minimum atomic E-state index is 0.178. The van der Waals surface area contributed by atoms with Crippen LogP contribution in [0.1, 0.15) is 19.8 Å². The van der Waals surface area contributed by atoms with Gasteiger partial charge < -0.3 is 15.8 Å². The summed E-state index contributed by atoms with van der Waals surface area (Å²) in [5.74, 6) is 0. The Morgan fingerprint density at radius 2 is 2.45 bits per heavy atom. The maximum atomic E-state index is 5.88. The lowest BCUT2D eigenvalue weighted by molar-refractivity contribution is 0.138. The predicted octanol–water partition coefficient (Wildman–Crippen LogP) is 0.102. The first kappa shape index (κ1) is 8.97. The van der Waals surface area contributed by atoms with Gasteiger partial charge in [0, 0.05) is 18.6 Å². The van der Waals surface area contributed by atoms with Crippen molar-refractivity contribution in [3.63, 3.8) is 0 Å². The van der Waals surface area contributed by atoms with Gasteiger partial charge in [0.15, 0.2) is 0 Å². The second-order valence-electron chi connectivity index (χ2n) is 3.09. The van der Waals surface area contributed by atoms with E-state index in [4.69, 9.17) is 10.5 Å². The Labute approximate surface area is 68.3 Å². The van der Waals surface area contributed by atoms with E-state index in [9.17, 15) is 0 Å². The minimum absolute atomic E-state index is 0.178. The van der Waals surface area contributed by atoms with Gasteiger partial charge >= 0.3 is 0 Å². The van der Waals surface area contributed by atoms with Crippen LogP contribution in [0.3, 0.4) is 0 Å². The molecule has 0 aliphatic carbocycles. The van der Waals surface area contributed by atoms with E-state index in [1.165, 1.54) is 6.42 Å². The molecule has 0 spiro atoms. The van der Waals surface area contributed by atoms with Crippen molar-refractivity contribution >= 4 is 0 Å². The van der Waals surface area contributed by atoms with Gasteiger partial charge in [-0.3, -0.25) is 0 Å². The lowest BCUT2D eigenvalue weighted by atomic mass is 10.1. The van der Waals surface area contributed by atoms with Crippen molar-refractivity contribution in [1.29, 1.82) is 0 Å². The van der Waals surface area contributed by atoms with Crippen molar-refractivity contribution in [3.8, 4) is 0 Å². The molecule has 0 amide bonds. The first-order valence-electron chi connectivity index (χ1n) is 4.41. The zero-order chi connectivity index (χ0) is 8.10. The quantitative estimate of drug-likeness (QED) is 0.599. The van der Waals surface area contributed by atoms with Gasteiger partial charge in [-0.2, -0.15) is 0 Å². The van der Waals surface area contributed by atoms with E-state index in [0.717, 1.165) is 19.6 Å². The maximum Gasteiger partial charge on any atom is 0.0633 e. The average Bonchev–Trinajstić information content (AvgIpc) is 2.18. The van der Waals surface area contributed by atoms with Crippen LogP contribution in [0.5, 0.6) is 0 Å². The minimum Gasteiger partial charge on any atom is -0.378 e. The molecule has 11 heavy (non-hydrogen) atoms. The molecule has 3 nitrogen and oxygen atoms in total. The van der Waals surface area contributed by atoms with Gasteiger partial charge in [-0.15, -0.1) is 0 Å². The van der Waals surface area contributed by atoms with Crippen molar-refractivity contribution in [2.45, 2.75) is 31.8 Å². The maximum absolute atomic E-state index is 5.88. The van der Waals surface area contributed by atoms with Crippen LogP contribution in [0.4, 0.5) is 0 Å². The molecule has 1 rings (SSSR count). The fourth-order valence-electron chi connectivity index (χ4n) is 1.43. The topological polar surface area (TPSA) is 47.3 Å². The largest absolute Gasteiger partial charge is 0.378 e. The monoisotopic (exact) mass is 158 g/mol. The highest BCUT2D eigenvalue weighted by Crippen LogP contribution is 2.03. The Hall–Kier alpha value is -0.120. The molecule has 2 unspecified atom stereocenters. The van der Waals surface area contributed by atoms with Crippen LogP contribution in [-0.4, -0.2) is 31.8 Å². The molecule has 1 fully saturated rings. The number of nitrogens with two attached hydrogens (primary N) is 1. The molecule has 0 aromatic heterocycles. The first-order chi connectivity index (χ1) is 5.34. The van der Waals surface area contributed by atoms with Gasteiger partial charge in [0.25, 0.3) is 0 Å². The van der Waals surface area contributed by atoms with Crippen molar-refractivity contribution in [1.82, 2.24) is 5.32 Å². The Bertz CT molecular complexity index is 108. The molecular weight excluding hydrogens is 140 g/mol. The SMILES string of the molecule is CCCC1NCCOCC1N. The average molecular weight is 158 g/mol. The highest BCUT2D eigenvalue weighted by molar-refractivity contribution is 4.80. The number of rotatable bonds is 2. The van der Waals surface area contributed by atoms with Gasteiger partial charge in [0.2, 0.25) is 0 Å². The van der Waals surface area contributed by atoms with E-state index in [0.29, 0.717) is 12.6 Å². The third kappa shape index (κ3) is 2.77. The van der Waals surface area contributed by atoms with E-state index in [2.05, 4.69) is 12.2 Å². The van der Waals surface area contributed by atoms with Crippen LogP contribution in [0.25, 0.3) is 0 Å². The van der Waals surface area contributed by atoms with E-state index in [1.807, 2.05) is 0 Å². The lowest BCUT2D eigenvalue weighted by Gasteiger charge is -2.20. The van der Waals surface area contributed by atoms with Crippen LogP contribution in [0.15, 0.2) is 0 Å². The van der Waals surface area contributed by atoms with Gasteiger partial charge in [-0.1, -0.05) is 13.3 Å². The van der Waals surface area contributed by atoms with Crippen LogP contribution >= 0.6 is 0 Å². The van der Waals surface area contributed by atoms with E-state index < -0.39 is 0 Å². The number of hydrogen-bond donors (Lipinski definition) is 2. The zero-order valence-electron chi connectivity index (χ0n) is 7.18. The standard InChI is InChI=1S/C8H18N2O/c1-2-3-8-7(9)6-11-5-4-10-8/h7-8,10H,2-6,9H2,1H3. The zero-order valence-corrected chi connectivity index (χ0v) is 7.18. The third-order valence-electron chi connectivity index (χ3n) is 2.08. The normalized spacial score (nSPS) is 33.3. The van der Waals surface area contributed by atoms with Crippen molar-refractivity contribution in [2.75, 3.05) is 19.8 Å². The fraction of sp³-hybridized carbons (Fsp3) is 1.00. The van der Waals surface area contributed by atoms with Crippen LogP contribution in [0, 0.1) is 0 Å². The molecule has 1 aliphatic rings. The Kier molecular flexibility index (Phi) is 3.83. The summed E-state index contributed by atoms with van der Waals surface area (Å²) in [7, 11) is 0. The number of hydrogen-bond acceptors (Lipinski definition) is 3.